The smallest absolute Gasteiger partial charge is 0.119 e. The summed E-state index contributed by atoms with van der Waals surface area (Å²) in [6.45, 7) is 3.30. The van der Waals surface area contributed by atoms with E-state index in [-0.39, 0.29) is 18.4 Å². The first-order valence-electron chi connectivity index (χ1n) is 4.96. The molecule has 0 amide bonds. The van der Waals surface area contributed by atoms with Crippen LogP contribution in [-0.2, 0) is 0 Å². The predicted octanol–water partition coefficient (Wildman–Crippen LogP) is 1.86. The van der Waals surface area contributed by atoms with E-state index in [0.29, 0.717) is 6.54 Å². The maximum atomic E-state index is 5.78. The van der Waals surface area contributed by atoms with Crippen LogP contribution in [0.5, 0.6) is 5.75 Å². The molecule has 0 saturated heterocycles. The third-order valence-corrected chi connectivity index (χ3v) is 2.04. The lowest BCUT2D eigenvalue weighted by atomic mass is 10.1. The molecule has 0 aromatic heterocycles. The van der Waals surface area contributed by atoms with E-state index in [0.717, 1.165) is 24.3 Å². The van der Waals surface area contributed by atoms with Gasteiger partial charge in [-0.25, -0.2) is 0 Å². The van der Waals surface area contributed by atoms with Crippen molar-refractivity contribution in [1.82, 2.24) is 0 Å². The number of rotatable bonds is 5. The molecule has 15 heavy (non-hydrogen) atoms. The van der Waals surface area contributed by atoms with Crippen LogP contribution in [0.4, 0.5) is 0 Å². The zero-order chi connectivity index (χ0) is 10.4. The van der Waals surface area contributed by atoms with E-state index >= 15 is 0 Å². The maximum Gasteiger partial charge on any atom is 0.119 e. The summed E-state index contributed by atoms with van der Waals surface area (Å²) in [7, 11) is 0. The van der Waals surface area contributed by atoms with Crippen molar-refractivity contribution in [3.63, 3.8) is 0 Å². The molecule has 0 spiro atoms. The van der Waals surface area contributed by atoms with Crippen LogP contribution in [0, 0.1) is 0 Å². The van der Waals surface area contributed by atoms with Crippen LogP contribution in [0.25, 0.3) is 0 Å². The summed E-state index contributed by atoms with van der Waals surface area (Å²) < 4.78 is 5.45. The third-order valence-electron chi connectivity index (χ3n) is 2.04. The van der Waals surface area contributed by atoms with Crippen LogP contribution in [0.3, 0.4) is 0 Å². The minimum atomic E-state index is -0.0739. The SMILES string of the molecule is CCCOc1ccc([C@@H](N)CN)cc1.Cl. The predicted molar refractivity (Wildman–Crippen MR) is 65.5 cm³/mol. The van der Waals surface area contributed by atoms with Crippen molar-refractivity contribution in [2.24, 2.45) is 11.5 Å². The van der Waals surface area contributed by atoms with E-state index in [1.165, 1.54) is 0 Å². The van der Waals surface area contributed by atoms with Gasteiger partial charge in [-0.3, -0.25) is 0 Å². The van der Waals surface area contributed by atoms with Crippen molar-refractivity contribution in [1.29, 1.82) is 0 Å². The lowest BCUT2D eigenvalue weighted by molar-refractivity contribution is 0.317. The summed E-state index contributed by atoms with van der Waals surface area (Å²) in [4.78, 5) is 0. The van der Waals surface area contributed by atoms with E-state index in [1.807, 2.05) is 24.3 Å². The highest BCUT2D eigenvalue weighted by atomic mass is 35.5. The molecule has 0 fully saturated rings. The van der Waals surface area contributed by atoms with Gasteiger partial charge in [-0.05, 0) is 24.1 Å². The average Bonchev–Trinajstić information content (AvgIpc) is 2.26. The molecular formula is C11H19ClN2O. The molecular weight excluding hydrogens is 212 g/mol. The van der Waals surface area contributed by atoms with Gasteiger partial charge < -0.3 is 16.2 Å². The summed E-state index contributed by atoms with van der Waals surface area (Å²) in [5.74, 6) is 0.889. The molecule has 0 aliphatic carbocycles. The van der Waals surface area contributed by atoms with Crippen LogP contribution in [0.2, 0.25) is 0 Å². The highest BCUT2D eigenvalue weighted by molar-refractivity contribution is 5.85. The molecule has 1 aromatic carbocycles. The van der Waals surface area contributed by atoms with Crippen LogP contribution in [-0.4, -0.2) is 13.2 Å². The van der Waals surface area contributed by atoms with Gasteiger partial charge in [0, 0.05) is 12.6 Å². The van der Waals surface area contributed by atoms with Crippen LogP contribution in [0.15, 0.2) is 24.3 Å². The zero-order valence-electron chi connectivity index (χ0n) is 8.98. The van der Waals surface area contributed by atoms with Crippen LogP contribution >= 0.6 is 12.4 Å². The lowest BCUT2D eigenvalue weighted by Crippen LogP contribution is -2.20. The fourth-order valence-electron chi connectivity index (χ4n) is 1.17. The second-order valence-electron chi connectivity index (χ2n) is 3.26. The Hall–Kier alpha value is -0.770. The molecule has 1 rings (SSSR count). The standard InChI is InChI=1S/C11H18N2O.ClH/c1-2-7-14-10-5-3-9(4-6-10)11(13)8-12;/h3-6,11H,2,7-8,12-13H2,1H3;1H/t11-;/m0./s1. The van der Waals surface area contributed by atoms with Crippen LogP contribution in [0.1, 0.15) is 24.9 Å². The van der Waals surface area contributed by atoms with Gasteiger partial charge in [-0.15, -0.1) is 12.4 Å². The third kappa shape index (κ3) is 4.51. The lowest BCUT2D eigenvalue weighted by Gasteiger charge is -2.10. The topological polar surface area (TPSA) is 61.3 Å². The van der Waals surface area contributed by atoms with Gasteiger partial charge >= 0.3 is 0 Å². The average molecular weight is 231 g/mol. The van der Waals surface area contributed by atoms with Crippen molar-refractivity contribution in [2.45, 2.75) is 19.4 Å². The molecule has 0 saturated carbocycles. The largest absolute Gasteiger partial charge is 0.494 e. The Labute approximate surface area is 97.2 Å². The van der Waals surface area contributed by atoms with Gasteiger partial charge in [0.05, 0.1) is 6.61 Å². The molecule has 3 nitrogen and oxygen atoms in total. The molecule has 1 aromatic rings. The Balaban J connectivity index is 0.00000196. The summed E-state index contributed by atoms with van der Waals surface area (Å²) in [5.41, 5.74) is 12.3. The second-order valence-corrected chi connectivity index (χ2v) is 3.26. The van der Waals surface area contributed by atoms with Gasteiger partial charge in [-0.1, -0.05) is 19.1 Å². The first-order valence-corrected chi connectivity index (χ1v) is 4.96. The highest BCUT2D eigenvalue weighted by Gasteiger charge is 2.02. The monoisotopic (exact) mass is 230 g/mol. The second kappa shape index (κ2) is 7.51. The van der Waals surface area contributed by atoms with E-state index in [9.17, 15) is 0 Å². The number of hydrogen-bond donors (Lipinski definition) is 2. The molecule has 4 heteroatoms. The van der Waals surface area contributed by atoms with Gasteiger partial charge in [0.1, 0.15) is 5.75 Å². The maximum absolute atomic E-state index is 5.78. The van der Waals surface area contributed by atoms with E-state index < -0.39 is 0 Å². The molecule has 0 bridgehead atoms. The molecule has 0 heterocycles. The van der Waals surface area contributed by atoms with Gasteiger partial charge in [0.2, 0.25) is 0 Å². The fraction of sp³-hybridized carbons (Fsp3) is 0.455. The first kappa shape index (κ1) is 14.2. The quantitative estimate of drug-likeness (QED) is 0.812. The van der Waals surface area contributed by atoms with E-state index in [2.05, 4.69) is 6.92 Å². The Morgan fingerprint density at radius 2 is 1.87 bits per heavy atom. The number of benzene rings is 1. The van der Waals surface area contributed by atoms with Crippen molar-refractivity contribution < 1.29 is 4.74 Å². The number of ether oxygens (including phenoxy) is 1. The van der Waals surface area contributed by atoms with Crippen molar-refractivity contribution in [3.8, 4) is 5.75 Å². The molecule has 0 aliphatic heterocycles. The van der Waals surface area contributed by atoms with Gasteiger partial charge in [0.25, 0.3) is 0 Å². The normalized spacial score (nSPS) is 11.7. The number of halogens is 1. The molecule has 4 N–H and O–H groups in total. The Kier molecular flexibility index (Phi) is 7.13. The molecule has 86 valence electrons. The van der Waals surface area contributed by atoms with E-state index in [4.69, 9.17) is 16.2 Å². The van der Waals surface area contributed by atoms with E-state index in [1.54, 1.807) is 0 Å². The van der Waals surface area contributed by atoms with Crippen molar-refractivity contribution in [2.75, 3.05) is 13.2 Å². The fourth-order valence-corrected chi connectivity index (χ4v) is 1.17. The first-order chi connectivity index (χ1) is 6.77. The zero-order valence-corrected chi connectivity index (χ0v) is 9.80. The van der Waals surface area contributed by atoms with Crippen LogP contribution < -0.4 is 16.2 Å². The summed E-state index contributed by atoms with van der Waals surface area (Å²) >= 11 is 0. The number of hydrogen-bond acceptors (Lipinski definition) is 3. The summed E-state index contributed by atoms with van der Waals surface area (Å²) in [6, 6.07) is 7.71. The minimum Gasteiger partial charge on any atom is -0.494 e. The van der Waals surface area contributed by atoms with Gasteiger partial charge in [0.15, 0.2) is 0 Å². The van der Waals surface area contributed by atoms with Crippen molar-refractivity contribution in [3.05, 3.63) is 29.8 Å². The minimum absolute atomic E-state index is 0. The van der Waals surface area contributed by atoms with Crippen molar-refractivity contribution >= 4 is 12.4 Å². The molecule has 0 radical (unpaired) electrons. The highest BCUT2D eigenvalue weighted by Crippen LogP contribution is 2.15. The summed E-state index contributed by atoms with van der Waals surface area (Å²) in [6.07, 6.45) is 1.02. The number of nitrogens with two attached hydrogens (primary N) is 2. The summed E-state index contributed by atoms with van der Waals surface area (Å²) in [5, 5.41) is 0. The Morgan fingerprint density at radius 3 is 2.33 bits per heavy atom. The van der Waals surface area contributed by atoms with Gasteiger partial charge in [-0.2, -0.15) is 0 Å². The Bertz CT molecular complexity index is 264. The molecule has 0 unspecified atom stereocenters. The molecule has 1 atom stereocenters. The molecule has 0 aliphatic rings. The Morgan fingerprint density at radius 1 is 1.27 bits per heavy atom.